The lowest BCUT2D eigenvalue weighted by Gasteiger charge is -2.27. The highest BCUT2D eigenvalue weighted by molar-refractivity contribution is 5.44. The predicted octanol–water partition coefficient (Wildman–Crippen LogP) is 3.45. The van der Waals surface area contributed by atoms with E-state index in [1.807, 2.05) is 51.0 Å². The molecule has 0 bridgehead atoms. The van der Waals surface area contributed by atoms with Crippen molar-refractivity contribution in [3.8, 4) is 0 Å². The van der Waals surface area contributed by atoms with E-state index < -0.39 is 0 Å². The zero-order valence-electron chi connectivity index (χ0n) is 13.0. The third kappa shape index (κ3) is 3.58. The summed E-state index contributed by atoms with van der Waals surface area (Å²) in [5.74, 6) is 0.677. The monoisotopic (exact) mass is 287 g/mol. The molecule has 1 aromatic heterocycles. The van der Waals surface area contributed by atoms with Crippen molar-refractivity contribution in [3.05, 3.63) is 59.0 Å². The molecule has 112 valence electrons. The van der Waals surface area contributed by atoms with Crippen molar-refractivity contribution in [1.29, 1.82) is 0 Å². The molecule has 1 unspecified atom stereocenters. The number of halogens is 1. The number of anilines is 1. The summed E-state index contributed by atoms with van der Waals surface area (Å²) in [7, 11) is 3.86. The van der Waals surface area contributed by atoms with Gasteiger partial charge in [0.05, 0.1) is 6.04 Å². The second-order valence-electron chi connectivity index (χ2n) is 5.31. The first-order chi connectivity index (χ1) is 10.0. The Morgan fingerprint density at radius 1 is 1.29 bits per heavy atom. The van der Waals surface area contributed by atoms with Gasteiger partial charge in [0.2, 0.25) is 0 Å². The van der Waals surface area contributed by atoms with Crippen molar-refractivity contribution in [2.75, 3.05) is 19.0 Å². The fourth-order valence-corrected chi connectivity index (χ4v) is 2.43. The molecule has 21 heavy (non-hydrogen) atoms. The van der Waals surface area contributed by atoms with Gasteiger partial charge in [-0.1, -0.05) is 18.2 Å². The highest BCUT2D eigenvalue weighted by Crippen LogP contribution is 2.26. The van der Waals surface area contributed by atoms with Gasteiger partial charge >= 0.3 is 0 Å². The summed E-state index contributed by atoms with van der Waals surface area (Å²) in [5, 5.41) is 3.14. The number of aryl methyl sites for hydroxylation is 1. The smallest absolute Gasteiger partial charge is 0.129 e. The lowest BCUT2D eigenvalue weighted by Crippen LogP contribution is -2.24. The summed E-state index contributed by atoms with van der Waals surface area (Å²) >= 11 is 0. The van der Waals surface area contributed by atoms with Crippen molar-refractivity contribution in [2.45, 2.75) is 26.4 Å². The van der Waals surface area contributed by atoms with Gasteiger partial charge < -0.3 is 10.2 Å². The lowest BCUT2D eigenvalue weighted by atomic mass is 10.1. The van der Waals surface area contributed by atoms with E-state index >= 15 is 0 Å². The first-order valence-electron chi connectivity index (χ1n) is 7.12. The first kappa shape index (κ1) is 15.4. The van der Waals surface area contributed by atoms with E-state index in [4.69, 9.17) is 0 Å². The second-order valence-corrected chi connectivity index (χ2v) is 5.31. The normalized spacial score (nSPS) is 12.2. The van der Waals surface area contributed by atoms with Crippen LogP contribution in [0.15, 0.2) is 36.4 Å². The molecule has 1 heterocycles. The molecule has 0 fully saturated rings. The molecule has 0 saturated heterocycles. The van der Waals surface area contributed by atoms with Crippen LogP contribution in [-0.2, 0) is 6.54 Å². The number of pyridine rings is 1. The molecule has 2 rings (SSSR count). The topological polar surface area (TPSA) is 28.2 Å². The third-order valence-corrected chi connectivity index (χ3v) is 3.68. The van der Waals surface area contributed by atoms with E-state index in [1.54, 1.807) is 6.07 Å². The van der Waals surface area contributed by atoms with Crippen LogP contribution >= 0.6 is 0 Å². The van der Waals surface area contributed by atoms with Crippen molar-refractivity contribution < 1.29 is 4.39 Å². The minimum Gasteiger partial charge on any atom is -0.353 e. The Bertz CT molecular complexity index is 613. The van der Waals surface area contributed by atoms with Crippen LogP contribution in [0.2, 0.25) is 0 Å². The van der Waals surface area contributed by atoms with Crippen molar-refractivity contribution in [3.63, 3.8) is 0 Å². The number of nitrogens with one attached hydrogen (secondary N) is 1. The summed E-state index contributed by atoms with van der Waals surface area (Å²) in [6.07, 6.45) is 0. The molecule has 2 aromatic rings. The number of aromatic nitrogens is 1. The molecule has 0 radical (unpaired) electrons. The average Bonchev–Trinajstić information content (AvgIpc) is 2.46. The molecule has 0 spiro atoms. The van der Waals surface area contributed by atoms with E-state index in [-0.39, 0.29) is 11.9 Å². The first-order valence-corrected chi connectivity index (χ1v) is 7.12. The Morgan fingerprint density at radius 3 is 2.67 bits per heavy atom. The van der Waals surface area contributed by atoms with Crippen molar-refractivity contribution >= 4 is 5.82 Å². The van der Waals surface area contributed by atoms with Crippen molar-refractivity contribution in [1.82, 2.24) is 10.3 Å². The van der Waals surface area contributed by atoms with Gasteiger partial charge in [-0.15, -0.1) is 0 Å². The molecular formula is C17H22FN3. The van der Waals surface area contributed by atoms with E-state index in [0.717, 1.165) is 18.1 Å². The molecule has 0 amide bonds. The van der Waals surface area contributed by atoms with E-state index in [9.17, 15) is 4.39 Å². The van der Waals surface area contributed by atoms with Crippen LogP contribution in [0.25, 0.3) is 0 Å². The van der Waals surface area contributed by atoms with Gasteiger partial charge in [0.25, 0.3) is 0 Å². The summed E-state index contributed by atoms with van der Waals surface area (Å²) in [6, 6.07) is 10.9. The quantitative estimate of drug-likeness (QED) is 0.913. The van der Waals surface area contributed by atoms with E-state index in [1.165, 1.54) is 11.6 Å². The maximum absolute atomic E-state index is 13.9. The molecule has 4 heteroatoms. The van der Waals surface area contributed by atoms with Gasteiger partial charge in [-0.3, -0.25) is 0 Å². The van der Waals surface area contributed by atoms with E-state index in [0.29, 0.717) is 5.56 Å². The van der Waals surface area contributed by atoms with Gasteiger partial charge in [0.15, 0.2) is 0 Å². The van der Waals surface area contributed by atoms with Crippen LogP contribution in [0.1, 0.15) is 29.8 Å². The fraction of sp³-hybridized carbons (Fsp3) is 0.353. The Hall–Kier alpha value is -1.94. The summed E-state index contributed by atoms with van der Waals surface area (Å²) in [5.41, 5.74) is 2.82. The third-order valence-electron chi connectivity index (χ3n) is 3.68. The largest absolute Gasteiger partial charge is 0.353 e. The number of benzene rings is 1. The van der Waals surface area contributed by atoms with Crippen molar-refractivity contribution in [2.24, 2.45) is 0 Å². The van der Waals surface area contributed by atoms with Crippen LogP contribution in [0, 0.1) is 12.7 Å². The molecule has 0 aliphatic heterocycles. The molecule has 0 aliphatic rings. The molecule has 1 N–H and O–H groups in total. The number of nitrogens with zero attached hydrogens (tertiary/aromatic N) is 2. The van der Waals surface area contributed by atoms with Crippen LogP contribution in [-0.4, -0.2) is 19.1 Å². The van der Waals surface area contributed by atoms with Crippen LogP contribution in [0.4, 0.5) is 10.2 Å². The van der Waals surface area contributed by atoms with Crippen LogP contribution in [0.3, 0.4) is 0 Å². The Balaban J connectivity index is 2.31. The molecule has 1 aromatic carbocycles. The minimum absolute atomic E-state index is 0.0806. The van der Waals surface area contributed by atoms with E-state index in [2.05, 4.69) is 16.4 Å². The molecule has 0 aliphatic carbocycles. The lowest BCUT2D eigenvalue weighted by molar-refractivity contribution is 0.584. The molecule has 0 saturated carbocycles. The second kappa shape index (κ2) is 6.68. The zero-order valence-corrected chi connectivity index (χ0v) is 13.0. The maximum Gasteiger partial charge on any atom is 0.129 e. The van der Waals surface area contributed by atoms with Gasteiger partial charge in [-0.05, 0) is 44.7 Å². The fourth-order valence-electron chi connectivity index (χ4n) is 2.43. The summed E-state index contributed by atoms with van der Waals surface area (Å²) < 4.78 is 13.9. The summed E-state index contributed by atoms with van der Waals surface area (Å²) in [4.78, 5) is 6.57. The number of hydrogen-bond donors (Lipinski definition) is 1. The maximum atomic E-state index is 13.9. The molecule has 3 nitrogen and oxygen atoms in total. The Morgan fingerprint density at radius 2 is 2.00 bits per heavy atom. The van der Waals surface area contributed by atoms with Crippen LogP contribution < -0.4 is 10.2 Å². The zero-order chi connectivity index (χ0) is 15.4. The minimum atomic E-state index is -0.181. The highest BCUT2D eigenvalue weighted by Gasteiger charge is 2.17. The standard InChI is InChI=1S/C17H22FN3/c1-12-9-14(11-19-3)10-17(20-12)21(4)13(2)15-7-5-6-8-16(15)18/h5-10,13,19H,11H2,1-4H3. The average molecular weight is 287 g/mol. The van der Waals surface area contributed by atoms with Gasteiger partial charge in [-0.2, -0.15) is 0 Å². The Kier molecular flexibility index (Phi) is 4.91. The number of hydrogen-bond acceptors (Lipinski definition) is 3. The van der Waals surface area contributed by atoms with Gasteiger partial charge in [0, 0.05) is 24.8 Å². The summed E-state index contributed by atoms with van der Waals surface area (Å²) in [6.45, 7) is 4.75. The molecular weight excluding hydrogens is 265 g/mol. The van der Waals surface area contributed by atoms with Gasteiger partial charge in [0.1, 0.15) is 11.6 Å². The Labute approximate surface area is 125 Å². The predicted molar refractivity (Wildman–Crippen MR) is 85.0 cm³/mol. The highest BCUT2D eigenvalue weighted by atomic mass is 19.1. The number of rotatable bonds is 5. The van der Waals surface area contributed by atoms with Gasteiger partial charge in [-0.25, -0.2) is 9.37 Å². The SMILES string of the molecule is CNCc1cc(C)nc(N(C)C(C)c2ccccc2F)c1. The van der Waals surface area contributed by atoms with Crippen LogP contribution in [0.5, 0.6) is 0 Å². The molecule has 1 atom stereocenters.